The number of aromatic nitrogens is 2. The average molecular weight is 387 g/mol. The summed E-state index contributed by atoms with van der Waals surface area (Å²) in [5.74, 6) is 0.892. The van der Waals surface area contributed by atoms with Crippen LogP contribution in [0, 0.1) is 5.92 Å². The number of nitrogens with zero attached hydrogens (tertiary/aromatic N) is 3. The van der Waals surface area contributed by atoms with Gasteiger partial charge in [-0.15, -0.1) is 6.58 Å². The van der Waals surface area contributed by atoms with Gasteiger partial charge in [-0.05, 0) is 44.6 Å². The molecule has 1 atom stereocenters. The summed E-state index contributed by atoms with van der Waals surface area (Å²) in [6.07, 6.45) is 11.8. The fraction of sp³-hybridized carbons (Fsp3) is 0.727. The summed E-state index contributed by atoms with van der Waals surface area (Å²) in [6.45, 7) is 8.20. The minimum Gasteiger partial charge on any atom is -0.378 e. The summed E-state index contributed by atoms with van der Waals surface area (Å²) >= 11 is 0. The Balaban J connectivity index is 1.47. The molecule has 1 saturated carbocycles. The lowest BCUT2D eigenvalue weighted by atomic mass is 9.87. The second-order valence-electron chi connectivity index (χ2n) is 8.50. The van der Waals surface area contributed by atoms with Crippen molar-refractivity contribution < 1.29 is 9.53 Å². The van der Waals surface area contributed by atoms with Crippen molar-refractivity contribution in [2.45, 2.75) is 64.0 Å². The van der Waals surface area contributed by atoms with Crippen molar-refractivity contribution >= 4 is 5.91 Å². The maximum absolute atomic E-state index is 13.1. The van der Waals surface area contributed by atoms with E-state index in [4.69, 9.17) is 9.84 Å². The molecule has 0 aromatic carbocycles. The molecule has 2 heterocycles. The third-order valence-electron chi connectivity index (χ3n) is 6.57. The van der Waals surface area contributed by atoms with E-state index in [9.17, 15) is 4.79 Å². The third kappa shape index (κ3) is 4.33. The number of amides is 1. The van der Waals surface area contributed by atoms with Gasteiger partial charge in [-0.3, -0.25) is 9.48 Å². The van der Waals surface area contributed by atoms with E-state index in [2.05, 4.69) is 11.9 Å². The number of fused-ring (bicyclic) bond motifs is 1. The number of hydrogen-bond acceptors (Lipinski definition) is 4. The number of hydrogen-bond donors (Lipinski definition) is 1. The smallest absolute Gasteiger partial charge is 0.274 e. The Morgan fingerprint density at radius 2 is 2.00 bits per heavy atom. The molecule has 1 aromatic rings. The molecule has 6 heteroatoms. The Labute approximate surface area is 168 Å². The molecule has 0 unspecified atom stereocenters. The molecule has 1 aliphatic heterocycles. The zero-order chi connectivity index (χ0) is 19.3. The van der Waals surface area contributed by atoms with Crippen molar-refractivity contribution in [1.29, 1.82) is 0 Å². The first-order valence-corrected chi connectivity index (χ1v) is 11.1. The van der Waals surface area contributed by atoms with Crippen LogP contribution in [0.5, 0.6) is 0 Å². The first kappa shape index (κ1) is 19.6. The highest BCUT2D eigenvalue weighted by molar-refractivity contribution is 5.94. The molecule has 1 aromatic heterocycles. The summed E-state index contributed by atoms with van der Waals surface area (Å²) in [6, 6.07) is 0.451. The van der Waals surface area contributed by atoms with E-state index >= 15 is 0 Å². The lowest BCUT2D eigenvalue weighted by Gasteiger charge is -2.29. The molecule has 6 nitrogen and oxygen atoms in total. The van der Waals surface area contributed by atoms with Crippen LogP contribution < -0.4 is 5.32 Å². The highest BCUT2D eigenvalue weighted by Gasteiger charge is 2.31. The number of nitrogens with one attached hydrogen (secondary N) is 1. The number of carbonyl (C=O) groups excluding carboxylic acids is 1. The van der Waals surface area contributed by atoms with Gasteiger partial charge in [-0.25, -0.2) is 0 Å². The molecular formula is C22H34N4O2. The van der Waals surface area contributed by atoms with E-state index in [0.717, 1.165) is 37.3 Å². The van der Waals surface area contributed by atoms with Gasteiger partial charge in [0.15, 0.2) is 5.69 Å². The molecule has 0 spiro atoms. The molecule has 1 saturated heterocycles. The maximum atomic E-state index is 13.1. The molecule has 4 rings (SSSR count). The Kier molecular flexibility index (Phi) is 6.47. The summed E-state index contributed by atoms with van der Waals surface area (Å²) in [5.41, 5.74) is 3.04. The van der Waals surface area contributed by atoms with Gasteiger partial charge in [-0.1, -0.05) is 25.3 Å². The van der Waals surface area contributed by atoms with Gasteiger partial charge in [0.05, 0.1) is 19.8 Å². The van der Waals surface area contributed by atoms with Crippen molar-refractivity contribution in [3.8, 4) is 0 Å². The lowest BCUT2D eigenvalue weighted by Crippen LogP contribution is -2.42. The molecule has 0 radical (unpaired) electrons. The number of carbonyl (C=O) groups is 1. The number of allylic oxidation sites excluding steroid dienone is 1. The zero-order valence-electron chi connectivity index (χ0n) is 17.0. The van der Waals surface area contributed by atoms with E-state index in [0.29, 0.717) is 44.6 Å². The van der Waals surface area contributed by atoms with Crippen molar-refractivity contribution in [1.82, 2.24) is 20.0 Å². The summed E-state index contributed by atoms with van der Waals surface area (Å²) in [7, 11) is 0. The predicted octanol–water partition coefficient (Wildman–Crippen LogP) is 2.57. The minimum atomic E-state index is 0.0651. The van der Waals surface area contributed by atoms with E-state index in [-0.39, 0.29) is 5.91 Å². The van der Waals surface area contributed by atoms with Crippen LogP contribution >= 0.6 is 0 Å². The van der Waals surface area contributed by atoms with Crippen molar-refractivity contribution in [2.24, 2.45) is 5.92 Å². The quantitative estimate of drug-likeness (QED) is 0.764. The Morgan fingerprint density at radius 1 is 1.21 bits per heavy atom. The highest BCUT2D eigenvalue weighted by Crippen LogP contribution is 2.28. The Morgan fingerprint density at radius 3 is 2.75 bits per heavy atom. The number of morpholine rings is 1. The van der Waals surface area contributed by atoms with Gasteiger partial charge >= 0.3 is 0 Å². The monoisotopic (exact) mass is 386 g/mol. The van der Waals surface area contributed by atoms with Gasteiger partial charge in [0.1, 0.15) is 0 Å². The van der Waals surface area contributed by atoms with E-state index in [1.165, 1.54) is 37.8 Å². The van der Waals surface area contributed by atoms with E-state index in [1.807, 2.05) is 15.7 Å². The second-order valence-corrected chi connectivity index (χ2v) is 8.50. The molecule has 1 N–H and O–H groups in total. The van der Waals surface area contributed by atoms with Crippen LogP contribution in [0.2, 0.25) is 0 Å². The molecule has 2 aliphatic carbocycles. The summed E-state index contributed by atoms with van der Waals surface area (Å²) in [4.78, 5) is 15.0. The minimum absolute atomic E-state index is 0.0651. The normalized spacial score (nSPS) is 23.4. The molecule has 3 aliphatic rings. The van der Waals surface area contributed by atoms with E-state index in [1.54, 1.807) is 0 Å². The SMILES string of the molecule is C=CCn1nc(C(=O)N2CCOCC2)c2c1CC[C@H](NCC1CCCCC1)C2. The van der Waals surface area contributed by atoms with Gasteiger partial charge in [0.2, 0.25) is 0 Å². The van der Waals surface area contributed by atoms with Crippen molar-refractivity contribution in [3.05, 3.63) is 29.6 Å². The van der Waals surface area contributed by atoms with Crippen LogP contribution in [0.4, 0.5) is 0 Å². The van der Waals surface area contributed by atoms with Crippen LogP contribution in [-0.4, -0.2) is 59.5 Å². The third-order valence-corrected chi connectivity index (χ3v) is 6.57. The largest absolute Gasteiger partial charge is 0.378 e. The van der Waals surface area contributed by atoms with Crippen LogP contribution in [-0.2, 0) is 24.1 Å². The van der Waals surface area contributed by atoms with Gasteiger partial charge in [-0.2, -0.15) is 5.10 Å². The number of ether oxygens (including phenoxy) is 1. The fourth-order valence-corrected chi connectivity index (χ4v) is 4.95. The molecular weight excluding hydrogens is 352 g/mol. The zero-order valence-corrected chi connectivity index (χ0v) is 17.0. The van der Waals surface area contributed by atoms with Crippen LogP contribution in [0.15, 0.2) is 12.7 Å². The molecule has 1 amide bonds. The van der Waals surface area contributed by atoms with Gasteiger partial charge in [0.25, 0.3) is 5.91 Å². The van der Waals surface area contributed by atoms with Gasteiger partial charge < -0.3 is 15.0 Å². The van der Waals surface area contributed by atoms with Gasteiger partial charge in [0, 0.05) is 30.4 Å². The van der Waals surface area contributed by atoms with Crippen LogP contribution in [0.3, 0.4) is 0 Å². The number of rotatable bonds is 6. The Hall–Kier alpha value is -1.66. The predicted molar refractivity (Wildman–Crippen MR) is 110 cm³/mol. The lowest BCUT2D eigenvalue weighted by molar-refractivity contribution is 0.0297. The van der Waals surface area contributed by atoms with Crippen molar-refractivity contribution in [3.63, 3.8) is 0 Å². The molecule has 2 fully saturated rings. The average Bonchev–Trinajstić information content (AvgIpc) is 3.11. The summed E-state index contributed by atoms with van der Waals surface area (Å²) in [5, 5.41) is 8.54. The standard InChI is InChI=1S/C22H34N4O2/c1-2-10-26-20-9-8-18(23-16-17-6-4-3-5-7-17)15-19(20)21(24-26)22(27)25-11-13-28-14-12-25/h2,17-18,23H,1,3-16H2/t18-/m0/s1. The Bertz CT molecular complexity index is 687. The fourth-order valence-electron chi connectivity index (χ4n) is 4.95. The second kappa shape index (κ2) is 9.23. The highest BCUT2D eigenvalue weighted by atomic mass is 16.5. The topological polar surface area (TPSA) is 59.4 Å². The summed E-state index contributed by atoms with van der Waals surface area (Å²) < 4.78 is 7.40. The molecule has 154 valence electrons. The first-order chi connectivity index (χ1) is 13.8. The van der Waals surface area contributed by atoms with E-state index < -0.39 is 0 Å². The maximum Gasteiger partial charge on any atom is 0.274 e. The van der Waals surface area contributed by atoms with Crippen molar-refractivity contribution in [2.75, 3.05) is 32.8 Å². The molecule has 0 bridgehead atoms. The van der Waals surface area contributed by atoms with Crippen LogP contribution in [0.25, 0.3) is 0 Å². The van der Waals surface area contributed by atoms with Crippen LogP contribution in [0.1, 0.15) is 60.3 Å². The molecule has 28 heavy (non-hydrogen) atoms. The first-order valence-electron chi connectivity index (χ1n) is 11.1.